The van der Waals surface area contributed by atoms with E-state index in [1.54, 1.807) is 0 Å². The first kappa shape index (κ1) is 13.4. The molecule has 0 aliphatic carbocycles. The van der Waals surface area contributed by atoms with Crippen molar-refractivity contribution in [3.63, 3.8) is 0 Å². The van der Waals surface area contributed by atoms with E-state index in [0.717, 1.165) is 37.4 Å². The van der Waals surface area contributed by atoms with Crippen LogP contribution in [0.3, 0.4) is 0 Å². The van der Waals surface area contributed by atoms with Crippen molar-refractivity contribution in [3.8, 4) is 11.5 Å². The first-order valence-electron chi connectivity index (χ1n) is 8.10. The zero-order valence-electron chi connectivity index (χ0n) is 13.2. The van der Waals surface area contributed by atoms with Crippen molar-refractivity contribution in [3.05, 3.63) is 58.7 Å². The SMILES string of the molecule is COC12Cc3ccccc3CN1CCc1cc3c(cc12)OCO3. The Morgan fingerprint density at radius 3 is 2.65 bits per heavy atom. The number of hydrogen-bond donors (Lipinski definition) is 0. The molecule has 5 rings (SSSR count). The second kappa shape index (κ2) is 4.73. The number of ether oxygens (including phenoxy) is 3. The molecule has 0 aromatic heterocycles. The first-order valence-corrected chi connectivity index (χ1v) is 8.10. The van der Waals surface area contributed by atoms with Gasteiger partial charge in [-0.1, -0.05) is 24.3 Å². The van der Waals surface area contributed by atoms with Crippen LogP contribution >= 0.6 is 0 Å². The molecule has 3 aliphatic heterocycles. The minimum Gasteiger partial charge on any atom is -0.454 e. The lowest BCUT2D eigenvalue weighted by Gasteiger charge is -2.50. The molecular formula is C19H19NO3. The van der Waals surface area contributed by atoms with Crippen molar-refractivity contribution < 1.29 is 14.2 Å². The lowest BCUT2D eigenvalue weighted by atomic mass is 9.80. The topological polar surface area (TPSA) is 30.9 Å². The maximum absolute atomic E-state index is 6.16. The molecule has 4 nitrogen and oxygen atoms in total. The molecule has 0 bridgehead atoms. The number of hydrogen-bond acceptors (Lipinski definition) is 4. The highest BCUT2D eigenvalue weighted by molar-refractivity contribution is 5.52. The van der Waals surface area contributed by atoms with Crippen LogP contribution in [0.25, 0.3) is 0 Å². The fourth-order valence-corrected chi connectivity index (χ4v) is 4.23. The summed E-state index contributed by atoms with van der Waals surface area (Å²) in [5, 5.41) is 0. The second-order valence-electron chi connectivity index (χ2n) is 6.47. The molecule has 4 heteroatoms. The van der Waals surface area contributed by atoms with Crippen LogP contribution in [0.15, 0.2) is 36.4 Å². The summed E-state index contributed by atoms with van der Waals surface area (Å²) in [6.45, 7) is 2.23. The van der Waals surface area contributed by atoms with Gasteiger partial charge in [0.15, 0.2) is 17.2 Å². The fraction of sp³-hybridized carbons (Fsp3) is 0.368. The Bertz CT molecular complexity index is 788. The quantitative estimate of drug-likeness (QED) is 0.810. The van der Waals surface area contributed by atoms with Crippen molar-refractivity contribution in [1.82, 2.24) is 4.90 Å². The lowest BCUT2D eigenvalue weighted by Crippen LogP contribution is -2.55. The van der Waals surface area contributed by atoms with Gasteiger partial charge in [-0.15, -0.1) is 0 Å². The molecule has 0 radical (unpaired) electrons. The van der Waals surface area contributed by atoms with Gasteiger partial charge in [0, 0.05) is 32.2 Å². The van der Waals surface area contributed by atoms with E-state index in [1.165, 1.54) is 22.3 Å². The molecule has 0 saturated heterocycles. The van der Waals surface area contributed by atoms with Gasteiger partial charge in [0.1, 0.15) is 0 Å². The highest BCUT2D eigenvalue weighted by atomic mass is 16.7. The third-order valence-electron chi connectivity index (χ3n) is 5.43. The largest absolute Gasteiger partial charge is 0.454 e. The molecule has 3 aliphatic rings. The molecule has 1 unspecified atom stereocenters. The van der Waals surface area contributed by atoms with Gasteiger partial charge < -0.3 is 14.2 Å². The van der Waals surface area contributed by atoms with E-state index in [2.05, 4.69) is 41.3 Å². The summed E-state index contributed by atoms with van der Waals surface area (Å²) in [6, 6.07) is 12.9. The standard InChI is InChI=1S/C19H19NO3/c1-21-19-10-14-4-2-3-5-15(14)11-20(19)7-6-13-8-17-18(9-16(13)19)23-12-22-17/h2-5,8-9H,6-7,10-12H2,1H3. The van der Waals surface area contributed by atoms with Crippen LogP contribution in [0, 0.1) is 0 Å². The summed E-state index contributed by atoms with van der Waals surface area (Å²) in [6.07, 6.45) is 1.88. The third-order valence-corrected chi connectivity index (χ3v) is 5.43. The Kier molecular flexibility index (Phi) is 2.75. The summed E-state index contributed by atoms with van der Waals surface area (Å²) in [7, 11) is 1.82. The Labute approximate surface area is 135 Å². The molecule has 0 saturated carbocycles. The smallest absolute Gasteiger partial charge is 0.231 e. The number of nitrogens with zero attached hydrogens (tertiary/aromatic N) is 1. The van der Waals surface area contributed by atoms with E-state index < -0.39 is 5.72 Å². The van der Waals surface area contributed by atoms with Crippen molar-refractivity contribution in [2.24, 2.45) is 0 Å². The van der Waals surface area contributed by atoms with E-state index in [4.69, 9.17) is 14.2 Å². The van der Waals surface area contributed by atoms with Gasteiger partial charge in [-0.2, -0.15) is 0 Å². The zero-order chi connectivity index (χ0) is 15.4. The summed E-state index contributed by atoms with van der Waals surface area (Å²) < 4.78 is 17.3. The predicted octanol–water partition coefficient (Wildman–Crippen LogP) is 2.83. The van der Waals surface area contributed by atoms with Gasteiger partial charge in [0.05, 0.1) is 0 Å². The average Bonchev–Trinajstić information content (AvgIpc) is 3.05. The summed E-state index contributed by atoms with van der Waals surface area (Å²) in [4.78, 5) is 2.46. The van der Waals surface area contributed by atoms with Crippen molar-refractivity contribution in [1.29, 1.82) is 0 Å². The molecule has 0 amide bonds. The Hall–Kier alpha value is -2.04. The number of rotatable bonds is 1. The highest BCUT2D eigenvalue weighted by Crippen LogP contribution is 2.47. The van der Waals surface area contributed by atoms with Crippen LogP contribution in [0.2, 0.25) is 0 Å². The van der Waals surface area contributed by atoms with Gasteiger partial charge in [0.25, 0.3) is 0 Å². The Morgan fingerprint density at radius 2 is 1.83 bits per heavy atom. The first-order chi connectivity index (χ1) is 11.3. The minimum absolute atomic E-state index is 0.310. The number of benzene rings is 2. The van der Waals surface area contributed by atoms with Gasteiger partial charge in [0.2, 0.25) is 6.79 Å². The van der Waals surface area contributed by atoms with Crippen LogP contribution in [0.4, 0.5) is 0 Å². The molecule has 23 heavy (non-hydrogen) atoms. The Morgan fingerprint density at radius 1 is 1.04 bits per heavy atom. The van der Waals surface area contributed by atoms with E-state index >= 15 is 0 Å². The molecule has 0 spiro atoms. The van der Waals surface area contributed by atoms with Crippen molar-refractivity contribution in [2.45, 2.75) is 25.1 Å². The van der Waals surface area contributed by atoms with Crippen LogP contribution in [-0.4, -0.2) is 25.3 Å². The molecular weight excluding hydrogens is 290 g/mol. The van der Waals surface area contributed by atoms with Crippen LogP contribution in [0.5, 0.6) is 11.5 Å². The monoisotopic (exact) mass is 309 g/mol. The predicted molar refractivity (Wildman–Crippen MR) is 85.5 cm³/mol. The van der Waals surface area contributed by atoms with Crippen LogP contribution in [-0.2, 0) is 29.8 Å². The van der Waals surface area contributed by atoms with Crippen LogP contribution < -0.4 is 9.47 Å². The van der Waals surface area contributed by atoms with Gasteiger partial charge in [-0.05, 0) is 35.2 Å². The van der Waals surface area contributed by atoms with Gasteiger partial charge >= 0.3 is 0 Å². The summed E-state index contributed by atoms with van der Waals surface area (Å²) in [5.41, 5.74) is 4.92. The van der Waals surface area contributed by atoms with Crippen LogP contribution in [0.1, 0.15) is 22.3 Å². The average molecular weight is 309 g/mol. The lowest BCUT2D eigenvalue weighted by molar-refractivity contribution is -0.161. The minimum atomic E-state index is -0.400. The molecule has 0 fully saturated rings. The van der Waals surface area contributed by atoms with Crippen molar-refractivity contribution >= 4 is 0 Å². The normalized spacial score (nSPS) is 24.7. The van der Waals surface area contributed by atoms with Gasteiger partial charge in [-0.25, -0.2) is 0 Å². The molecule has 1 atom stereocenters. The number of fused-ring (bicyclic) bond motifs is 5. The second-order valence-corrected chi connectivity index (χ2v) is 6.47. The van der Waals surface area contributed by atoms with Crippen molar-refractivity contribution in [2.75, 3.05) is 20.4 Å². The van der Waals surface area contributed by atoms with E-state index in [1.807, 2.05) is 7.11 Å². The van der Waals surface area contributed by atoms with Gasteiger partial charge in [-0.3, -0.25) is 4.90 Å². The Balaban J connectivity index is 1.69. The molecule has 2 aromatic rings. The third kappa shape index (κ3) is 1.79. The highest BCUT2D eigenvalue weighted by Gasteiger charge is 2.46. The van der Waals surface area contributed by atoms with E-state index in [0.29, 0.717) is 6.79 Å². The molecule has 2 aromatic carbocycles. The molecule has 118 valence electrons. The maximum atomic E-state index is 6.16. The van der Waals surface area contributed by atoms with E-state index in [-0.39, 0.29) is 0 Å². The molecule has 0 N–H and O–H groups in total. The fourth-order valence-electron chi connectivity index (χ4n) is 4.23. The summed E-state index contributed by atoms with van der Waals surface area (Å²) >= 11 is 0. The molecule has 3 heterocycles. The maximum Gasteiger partial charge on any atom is 0.231 e. The zero-order valence-corrected chi connectivity index (χ0v) is 13.2. The van der Waals surface area contributed by atoms with E-state index in [9.17, 15) is 0 Å². The summed E-state index contributed by atoms with van der Waals surface area (Å²) in [5.74, 6) is 1.69. The number of methoxy groups -OCH3 is 1.